The Morgan fingerprint density at radius 3 is 2.72 bits per heavy atom. The molecule has 1 atom stereocenters. The van der Waals surface area contributed by atoms with Crippen LogP contribution in [0.2, 0.25) is 9.49 Å². The van der Waals surface area contributed by atoms with Gasteiger partial charge in [-0.05, 0) is 19.1 Å². The monoisotopic (exact) mass is 497 g/mol. The summed E-state index contributed by atoms with van der Waals surface area (Å²) in [5, 5.41) is 11.5. The van der Waals surface area contributed by atoms with Crippen LogP contribution >= 0.6 is 34.5 Å². The first-order chi connectivity index (χ1) is 15.2. The average molecular weight is 498 g/mol. The van der Waals surface area contributed by atoms with Gasteiger partial charge in [0.05, 0.1) is 17.2 Å². The van der Waals surface area contributed by atoms with Crippen LogP contribution in [0.5, 0.6) is 0 Å². The van der Waals surface area contributed by atoms with E-state index in [-0.39, 0.29) is 28.7 Å². The van der Waals surface area contributed by atoms with E-state index in [1.165, 1.54) is 23.5 Å². The molecule has 0 aliphatic carbocycles. The molecule has 1 amide bonds. The number of thiazole rings is 1. The van der Waals surface area contributed by atoms with Crippen molar-refractivity contribution in [1.29, 1.82) is 0 Å². The standard InChI is InChI=1S/C20H15Cl2F2N5O2S/c1-20(10-7-26-29(2)8-10,19-27-16(21)17(22)32-19)9-25-18(30)14-6-15(31-28-14)12-4-3-11(23)5-13(12)24/h3-8H,9H2,1-2H3,(H,25,30). The second kappa shape index (κ2) is 8.61. The van der Waals surface area contributed by atoms with Crippen LogP contribution in [0.25, 0.3) is 11.3 Å². The molecule has 0 bridgehead atoms. The number of nitrogens with one attached hydrogen (secondary N) is 1. The van der Waals surface area contributed by atoms with Gasteiger partial charge >= 0.3 is 0 Å². The second-order valence-electron chi connectivity index (χ2n) is 7.20. The van der Waals surface area contributed by atoms with Gasteiger partial charge < -0.3 is 9.84 Å². The van der Waals surface area contributed by atoms with Crippen LogP contribution in [0.4, 0.5) is 8.78 Å². The number of carbonyl (C=O) groups excluding carboxylic acids is 1. The zero-order chi connectivity index (χ0) is 23.0. The molecular weight excluding hydrogens is 483 g/mol. The van der Waals surface area contributed by atoms with Crippen molar-refractivity contribution in [3.05, 3.63) is 74.0 Å². The maximum absolute atomic E-state index is 14.0. The molecule has 1 unspecified atom stereocenters. The number of hydrogen-bond acceptors (Lipinski definition) is 6. The minimum absolute atomic E-state index is 0.00107. The van der Waals surface area contributed by atoms with Gasteiger partial charge in [-0.15, -0.1) is 11.3 Å². The first kappa shape index (κ1) is 22.4. The lowest BCUT2D eigenvalue weighted by Crippen LogP contribution is -2.39. The summed E-state index contributed by atoms with van der Waals surface area (Å²) < 4.78 is 34.2. The predicted molar refractivity (Wildman–Crippen MR) is 116 cm³/mol. The molecule has 0 aliphatic rings. The van der Waals surface area contributed by atoms with Gasteiger partial charge in [0.25, 0.3) is 5.91 Å². The first-order valence-corrected chi connectivity index (χ1v) is 10.8. The SMILES string of the molecule is Cn1cc(C(C)(CNC(=O)c2cc(-c3ccc(F)cc3F)on2)c2nc(Cl)c(Cl)s2)cn1. The molecule has 12 heteroatoms. The van der Waals surface area contributed by atoms with Crippen molar-refractivity contribution >= 4 is 40.4 Å². The molecule has 32 heavy (non-hydrogen) atoms. The van der Waals surface area contributed by atoms with Crippen molar-refractivity contribution in [2.45, 2.75) is 12.3 Å². The highest BCUT2D eigenvalue weighted by Gasteiger charge is 2.35. The molecule has 0 saturated carbocycles. The Morgan fingerprint density at radius 2 is 2.09 bits per heavy atom. The number of hydrogen-bond donors (Lipinski definition) is 1. The molecule has 0 saturated heterocycles. The summed E-state index contributed by atoms with van der Waals surface area (Å²) >= 11 is 13.4. The lowest BCUT2D eigenvalue weighted by Gasteiger charge is -2.26. The fourth-order valence-corrected chi connectivity index (χ4v) is 4.44. The maximum atomic E-state index is 14.0. The van der Waals surface area contributed by atoms with Crippen molar-refractivity contribution in [2.24, 2.45) is 7.05 Å². The fraction of sp³-hybridized carbons (Fsp3) is 0.200. The Bertz CT molecular complexity index is 1290. The number of rotatable bonds is 6. The van der Waals surface area contributed by atoms with Crippen molar-refractivity contribution in [3.63, 3.8) is 0 Å². The van der Waals surface area contributed by atoms with E-state index in [9.17, 15) is 13.6 Å². The normalized spacial score (nSPS) is 13.2. The molecule has 4 aromatic rings. The molecule has 7 nitrogen and oxygen atoms in total. The maximum Gasteiger partial charge on any atom is 0.273 e. The fourth-order valence-electron chi connectivity index (χ4n) is 3.07. The highest BCUT2D eigenvalue weighted by molar-refractivity contribution is 7.16. The number of halogens is 4. The summed E-state index contributed by atoms with van der Waals surface area (Å²) in [7, 11) is 1.77. The van der Waals surface area contributed by atoms with Crippen LogP contribution in [0.3, 0.4) is 0 Å². The molecule has 3 heterocycles. The minimum atomic E-state index is -0.824. The van der Waals surface area contributed by atoms with Crippen molar-refractivity contribution < 1.29 is 18.1 Å². The molecule has 0 aliphatic heterocycles. The molecule has 0 fully saturated rings. The largest absolute Gasteiger partial charge is 0.355 e. The molecule has 4 rings (SSSR count). The van der Waals surface area contributed by atoms with E-state index in [4.69, 9.17) is 27.7 Å². The molecule has 3 aromatic heterocycles. The number of carbonyl (C=O) groups is 1. The molecular formula is C20H15Cl2F2N5O2S. The minimum Gasteiger partial charge on any atom is -0.355 e. The Labute approximate surface area is 195 Å². The van der Waals surface area contributed by atoms with E-state index < -0.39 is 23.0 Å². The summed E-state index contributed by atoms with van der Waals surface area (Å²) in [4.78, 5) is 17.1. The Kier molecular flexibility index (Phi) is 6.02. The number of benzene rings is 1. The van der Waals surface area contributed by atoms with Gasteiger partial charge in [0, 0.05) is 37.5 Å². The van der Waals surface area contributed by atoms with E-state index in [2.05, 4.69) is 20.6 Å². The highest BCUT2D eigenvalue weighted by Crippen LogP contribution is 2.39. The van der Waals surface area contributed by atoms with E-state index in [1.807, 2.05) is 6.92 Å². The quantitative estimate of drug-likeness (QED) is 0.411. The van der Waals surface area contributed by atoms with E-state index in [0.717, 1.165) is 17.7 Å². The summed E-state index contributed by atoms with van der Waals surface area (Å²) in [6.45, 7) is 1.99. The Morgan fingerprint density at radius 1 is 1.31 bits per heavy atom. The summed E-state index contributed by atoms with van der Waals surface area (Å²) in [5.74, 6) is -2.09. The smallest absolute Gasteiger partial charge is 0.273 e. The molecule has 1 N–H and O–H groups in total. The van der Waals surface area contributed by atoms with Crippen molar-refractivity contribution in [3.8, 4) is 11.3 Å². The van der Waals surface area contributed by atoms with Gasteiger partial charge in [0.15, 0.2) is 16.6 Å². The second-order valence-corrected chi connectivity index (χ2v) is 9.16. The zero-order valence-corrected chi connectivity index (χ0v) is 19.0. The summed E-state index contributed by atoms with van der Waals surface area (Å²) in [5.41, 5.74) is -0.0737. The third-order valence-electron chi connectivity index (χ3n) is 4.90. The van der Waals surface area contributed by atoms with Gasteiger partial charge in [0.1, 0.15) is 21.0 Å². The van der Waals surface area contributed by atoms with Crippen LogP contribution in [0, 0.1) is 11.6 Å². The predicted octanol–water partition coefficient (Wildman–Crippen LogP) is 4.85. The van der Waals surface area contributed by atoms with Gasteiger partial charge in [-0.3, -0.25) is 9.48 Å². The number of nitrogens with zero attached hydrogens (tertiary/aromatic N) is 4. The van der Waals surface area contributed by atoms with Crippen molar-refractivity contribution in [2.75, 3.05) is 6.54 Å². The van der Waals surface area contributed by atoms with E-state index >= 15 is 0 Å². The molecule has 0 spiro atoms. The topological polar surface area (TPSA) is 85.8 Å². The van der Waals surface area contributed by atoms with Crippen LogP contribution in [-0.2, 0) is 12.5 Å². The van der Waals surface area contributed by atoms with Crippen LogP contribution in [0.1, 0.15) is 28.0 Å². The lowest BCUT2D eigenvalue weighted by molar-refractivity contribution is 0.0938. The number of aromatic nitrogens is 4. The van der Waals surface area contributed by atoms with Crippen molar-refractivity contribution in [1.82, 2.24) is 25.2 Å². The molecule has 0 radical (unpaired) electrons. The summed E-state index contributed by atoms with van der Waals surface area (Å²) in [6, 6.07) is 4.30. The number of amides is 1. The van der Waals surface area contributed by atoms with E-state index in [0.29, 0.717) is 9.34 Å². The Balaban J connectivity index is 1.57. The third-order valence-corrected chi connectivity index (χ3v) is 6.90. The molecule has 1 aromatic carbocycles. The van der Waals surface area contributed by atoms with Crippen LogP contribution < -0.4 is 5.32 Å². The van der Waals surface area contributed by atoms with Gasteiger partial charge in [0.2, 0.25) is 0 Å². The van der Waals surface area contributed by atoms with Gasteiger partial charge in [-0.1, -0.05) is 28.4 Å². The third kappa shape index (κ3) is 4.25. The van der Waals surface area contributed by atoms with E-state index in [1.54, 1.807) is 24.1 Å². The van der Waals surface area contributed by atoms with Gasteiger partial charge in [-0.25, -0.2) is 13.8 Å². The zero-order valence-electron chi connectivity index (χ0n) is 16.7. The van der Waals surface area contributed by atoms with Crippen LogP contribution in [-0.4, -0.2) is 32.4 Å². The summed E-state index contributed by atoms with van der Waals surface area (Å²) in [6.07, 6.45) is 3.47. The Hall–Kier alpha value is -2.82. The van der Waals surface area contributed by atoms with Crippen LogP contribution in [0.15, 0.2) is 41.2 Å². The first-order valence-electron chi connectivity index (χ1n) is 9.19. The molecule has 166 valence electrons. The number of aryl methyl sites for hydroxylation is 1. The average Bonchev–Trinajstić information content (AvgIpc) is 3.47. The van der Waals surface area contributed by atoms with Gasteiger partial charge in [-0.2, -0.15) is 5.10 Å². The lowest BCUT2D eigenvalue weighted by atomic mass is 9.85. The highest BCUT2D eigenvalue weighted by atomic mass is 35.5.